The number of ether oxygens (including phenoxy) is 1. The van der Waals surface area contributed by atoms with E-state index in [4.69, 9.17) is 10.6 Å². The molecule has 0 saturated carbocycles. The number of hydrogen-bond acceptors (Lipinski definition) is 3. The van der Waals surface area contributed by atoms with Crippen LogP contribution < -0.4 is 10.6 Å². The van der Waals surface area contributed by atoms with Crippen molar-refractivity contribution in [3.8, 4) is 5.75 Å². The lowest BCUT2D eigenvalue weighted by Crippen LogP contribution is -2.01. The number of nitrogens with one attached hydrogen (secondary N) is 1. The number of methoxy groups -OCH3 is 1. The molecule has 2 rings (SSSR count). The summed E-state index contributed by atoms with van der Waals surface area (Å²) in [5.41, 5.74) is 3.13. The zero-order valence-electron chi connectivity index (χ0n) is 8.83. The lowest BCUT2D eigenvalue weighted by molar-refractivity contribution is 0.122. The van der Waals surface area contributed by atoms with E-state index < -0.39 is 0 Å². The summed E-state index contributed by atoms with van der Waals surface area (Å²) in [5.74, 6) is 5.87. The molecule has 0 spiro atoms. The van der Waals surface area contributed by atoms with Crippen LogP contribution in [0.3, 0.4) is 0 Å². The third kappa shape index (κ3) is 1.82. The molecule has 0 saturated heterocycles. The van der Waals surface area contributed by atoms with Gasteiger partial charge in [0.05, 0.1) is 13.7 Å². The fourth-order valence-corrected chi connectivity index (χ4v) is 1.74. The molecule has 0 aliphatic carbocycles. The highest BCUT2D eigenvalue weighted by molar-refractivity contribution is 5.83. The van der Waals surface area contributed by atoms with Crippen molar-refractivity contribution in [2.45, 2.75) is 13.5 Å². The molecular formula is C11H14N2O2. The van der Waals surface area contributed by atoms with Gasteiger partial charge in [0.25, 0.3) is 0 Å². The van der Waals surface area contributed by atoms with Crippen LogP contribution in [0, 0.1) is 6.92 Å². The third-order valence-corrected chi connectivity index (χ3v) is 2.40. The summed E-state index contributed by atoms with van der Waals surface area (Å²) in [6.45, 7) is 2.36. The number of benzene rings is 1. The highest BCUT2D eigenvalue weighted by Crippen LogP contribution is 2.26. The number of aromatic amines is 1. The molecule has 2 aromatic rings. The van der Waals surface area contributed by atoms with Crippen LogP contribution in [0.1, 0.15) is 11.3 Å². The van der Waals surface area contributed by atoms with E-state index in [1.165, 1.54) is 0 Å². The predicted molar refractivity (Wildman–Crippen MR) is 58.6 cm³/mol. The van der Waals surface area contributed by atoms with Crippen molar-refractivity contribution in [2.75, 3.05) is 7.11 Å². The van der Waals surface area contributed by atoms with Crippen molar-refractivity contribution in [2.24, 2.45) is 5.90 Å². The lowest BCUT2D eigenvalue weighted by Gasteiger charge is -2.07. The van der Waals surface area contributed by atoms with Gasteiger partial charge in [-0.25, -0.2) is 5.90 Å². The highest BCUT2D eigenvalue weighted by atomic mass is 16.6. The van der Waals surface area contributed by atoms with Crippen LogP contribution in [0.25, 0.3) is 10.9 Å². The highest BCUT2D eigenvalue weighted by Gasteiger charge is 2.06. The van der Waals surface area contributed by atoms with Gasteiger partial charge in [-0.05, 0) is 25.1 Å². The predicted octanol–water partition coefficient (Wildman–Crippen LogP) is 1.88. The second-order valence-corrected chi connectivity index (χ2v) is 3.51. The van der Waals surface area contributed by atoms with E-state index >= 15 is 0 Å². The molecule has 0 aliphatic rings. The molecule has 1 aromatic carbocycles. The molecule has 1 heterocycles. The Morgan fingerprint density at radius 3 is 2.80 bits per heavy atom. The Morgan fingerprint density at radius 1 is 1.33 bits per heavy atom. The zero-order chi connectivity index (χ0) is 10.8. The number of H-pyrrole nitrogens is 1. The average molecular weight is 206 g/mol. The Morgan fingerprint density at radius 2 is 2.13 bits per heavy atom. The number of hydrogen-bond donors (Lipinski definition) is 2. The van der Waals surface area contributed by atoms with Crippen LogP contribution >= 0.6 is 0 Å². The minimum absolute atomic E-state index is 0.344. The van der Waals surface area contributed by atoms with Gasteiger partial charge in [-0.15, -0.1) is 0 Å². The van der Waals surface area contributed by atoms with E-state index in [-0.39, 0.29) is 0 Å². The second-order valence-electron chi connectivity index (χ2n) is 3.51. The van der Waals surface area contributed by atoms with E-state index in [0.29, 0.717) is 6.61 Å². The maximum absolute atomic E-state index is 5.27. The Hall–Kier alpha value is -1.52. The molecule has 80 valence electrons. The number of aryl methyl sites for hydroxylation is 1. The van der Waals surface area contributed by atoms with E-state index in [9.17, 15) is 0 Å². The first-order chi connectivity index (χ1) is 7.24. The Balaban J connectivity index is 2.57. The van der Waals surface area contributed by atoms with Crippen LogP contribution in [-0.2, 0) is 11.4 Å². The van der Waals surface area contributed by atoms with Gasteiger partial charge in [0.15, 0.2) is 0 Å². The normalized spacial score (nSPS) is 10.9. The quantitative estimate of drug-likeness (QED) is 0.754. The Bertz CT molecular complexity index is 477. The number of nitrogens with two attached hydrogens (primary N) is 1. The SMILES string of the molecule is COc1cc2cc(C)[nH]c2cc1CON. The maximum atomic E-state index is 5.27. The van der Waals surface area contributed by atoms with E-state index in [0.717, 1.165) is 27.9 Å². The van der Waals surface area contributed by atoms with Crippen molar-refractivity contribution in [1.82, 2.24) is 4.98 Å². The molecule has 0 fully saturated rings. The van der Waals surface area contributed by atoms with Crippen LogP contribution in [0.4, 0.5) is 0 Å². The summed E-state index contributed by atoms with van der Waals surface area (Å²) in [6, 6.07) is 6.05. The summed E-state index contributed by atoms with van der Waals surface area (Å²) in [5, 5.41) is 1.13. The summed E-state index contributed by atoms with van der Waals surface area (Å²) in [6.07, 6.45) is 0. The fourth-order valence-electron chi connectivity index (χ4n) is 1.74. The van der Waals surface area contributed by atoms with Crippen molar-refractivity contribution >= 4 is 10.9 Å². The number of fused-ring (bicyclic) bond motifs is 1. The first-order valence-corrected chi connectivity index (χ1v) is 4.72. The topological polar surface area (TPSA) is 60.3 Å². The smallest absolute Gasteiger partial charge is 0.125 e. The fraction of sp³-hybridized carbons (Fsp3) is 0.273. The summed E-state index contributed by atoms with van der Waals surface area (Å²) < 4.78 is 5.27. The van der Waals surface area contributed by atoms with Crippen LogP contribution in [0.2, 0.25) is 0 Å². The van der Waals surface area contributed by atoms with Crippen molar-refractivity contribution < 1.29 is 9.57 Å². The van der Waals surface area contributed by atoms with E-state index in [1.807, 2.05) is 19.1 Å². The minimum atomic E-state index is 0.344. The standard InChI is InChI=1S/C11H14N2O2/c1-7-3-8-5-11(14-2)9(6-15-12)4-10(8)13-7/h3-5,13H,6,12H2,1-2H3. The van der Waals surface area contributed by atoms with E-state index in [2.05, 4.69) is 15.9 Å². The molecule has 15 heavy (non-hydrogen) atoms. The van der Waals surface area contributed by atoms with Gasteiger partial charge in [-0.1, -0.05) is 0 Å². The molecule has 4 nitrogen and oxygen atoms in total. The van der Waals surface area contributed by atoms with Crippen molar-refractivity contribution in [1.29, 1.82) is 0 Å². The second kappa shape index (κ2) is 3.92. The third-order valence-electron chi connectivity index (χ3n) is 2.40. The Labute approximate surface area is 87.9 Å². The van der Waals surface area contributed by atoms with Gasteiger partial charge in [0.1, 0.15) is 5.75 Å². The molecule has 0 bridgehead atoms. The maximum Gasteiger partial charge on any atom is 0.125 e. The van der Waals surface area contributed by atoms with Gasteiger partial charge in [-0.3, -0.25) is 4.84 Å². The summed E-state index contributed by atoms with van der Waals surface area (Å²) in [4.78, 5) is 7.89. The van der Waals surface area contributed by atoms with Crippen LogP contribution in [0.15, 0.2) is 18.2 Å². The first kappa shape index (κ1) is 10.0. The van der Waals surface area contributed by atoms with Crippen molar-refractivity contribution in [3.05, 3.63) is 29.5 Å². The molecule has 0 unspecified atom stereocenters. The molecule has 0 aliphatic heterocycles. The van der Waals surface area contributed by atoms with Crippen LogP contribution in [0.5, 0.6) is 5.75 Å². The summed E-state index contributed by atoms with van der Waals surface area (Å²) in [7, 11) is 1.64. The Kier molecular flexibility index (Phi) is 2.62. The molecule has 3 N–H and O–H groups in total. The first-order valence-electron chi connectivity index (χ1n) is 4.72. The lowest BCUT2D eigenvalue weighted by atomic mass is 10.1. The molecule has 4 heteroatoms. The number of rotatable bonds is 3. The zero-order valence-corrected chi connectivity index (χ0v) is 8.83. The number of aromatic nitrogens is 1. The van der Waals surface area contributed by atoms with Gasteiger partial charge in [-0.2, -0.15) is 0 Å². The largest absolute Gasteiger partial charge is 0.496 e. The van der Waals surface area contributed by atoms with Crippen molar-refractivity contribution in [3.63, 3.8) is 0 Å². The van der Waals surface area contributed by atoms with Gasteiger partial charge < -0.3 is 9.72 Å². The molecule has 0 radical (unpaired) electrons. The molecule has 0 atom stereocenters. The summed E-state index contributed by atoms with van der Waals surface area (Å²) >= 11 is 0. The molecule has 0 amide bonds. The van der Waals surface area contributed by atoms with Gasteiger partial charge in [0.2, 0.25) is 0 Å². The molecular weight excluding hydrogens is 192 g/mol. The minimum Gasteiger partial charge on any atom is -0.496 e. The van der Waals surface area contributed by atoms with Gasteiger partial charge in [0, 0.05) is 22.2 Å². The van der Waals surface area contributed by atoms with E-state index in [1.54, 1.807) is 7.11 Å². The monoisotopic (exact) mass is 206 g/mol. The van der Waals surface area contributed by atoms with Crippen LogP contribution in [-0.4, -0.2) is 12.1 Å². The molecule has 1 aromatic heterocycles. The van der Waals surface area contributed by atoms with Gasteiger partial charge >= 0.3 is 0 Å². The average Bonchev–Trinajstić information content (AvgIpc) is 2.56.